The number of hydrogen-bond acceptors (Lipinski definition) is 0. The molecule has 1 atom stereocenters. The van der Waals surface area contributed by atoms with Gasteiger partial charge in [0.15, 0.2) is 0 Å². The molecule has 0 spiro atoms. The van der Waals surface area contributed by atoms with Crippen LogP contribution in [0.25, 0.3) is 0 Å². The average Bonchev–Trinajstić information content (AvgIpc) is 2.61. The number of benzene rings is 1. The summed E-state index contributed by atoms with van der Waals surface area (Å²) in [4.78, 5) is 0.398. The smallest absolute Gasteiger partial charge is 0.0595 e. The molecule has 100 valence electrons. The molecule has 0 aliphatic heterocycles. The third kappa shape index (κ3) is 4.15. The minimum absolute atomic E-state index is 0.398. The fraction of sp³-hybridized carbons (Fsp3) is 0.600. The van der Waals surface area contributed by atoms with E-state index in [1.54, 1.807) is 0 Å². The Hall–Kier alpha value is 0.280. The van der Waals surface area contributed by atoms with E-state index in [1.165, 1.54) is 50.5 Å². The van der Waals surface area contributed by atoms with Crippen LogP contribution in [0, 0.1) is 5.92 Å². The van der Waals surface area contributed by atoms with Crippen molar-refractivity contribution < 1.29 is 0 Å². The summed E-state index contributed by atoms with van der Waals surface area (Å²) in [5.41, 5.74) is 1.24. The van der Waals surface area contributed by atoms with Gasteiger partial charge in [0.2, 0.25) is 0 Å². The van der Waals surface area contributed by atoms with Crippen molar-refractivity contribution in [1.82, 2.24) is 0 Å². The molecule has 0 N–H and O–H groups in total. The first-order chi connectivity index (χ1) is 8.66. The Morgan fingerprint density at radius 2 is 1.72 bits per heavy atom. The van der Waals surface area contributed by atoms with Gasteiger partial charge < -0.3 is 0 Å². The Kier molecular flexibility index (Phi) is 5.85. The van der Waals surface area contributed by atoms with E-state index in [-0.39, 0.29) is 0 Å². The average molecular weight is 350 g/mol. The molecule has 0 saturated heterocycles. The lowest BCUT2D eigenvalue weighted by Gasteiger charge is -2.18. The standard InChI is InChI=1S/C15H19BrCl2/c16-13(9-11-5-3-1-2-4-6-11)12-7-8-14(17)15(18)10-12/h7-8,10-11,13H,1-6,9H2. The van der Waals surface area contributed by atoms with Crippen molar-refractivity contribution in [3.8, 4) is 0 Å². The minimum atomic E-state index is 0.398. The molecule has 0 nitrogen and oxygen atoms in total. The zero-order valence-electron chi connectivity index (χ0n) is 10.5. The molecular formula is C15H19BrCl2. The van der Waals surface area contributed by atoms with E-state index in [2.05, 4.69) is 22.0 Å². The number of hydrogen-bond donors (Lipinski definition) is 0. The van der Waals surface area contributed by atoms with Crippen LogP contribution in [0.1, 0.15) is 55.3 Å². The van der Waals surface area contributed by atoms with Gasteiger partial charge >= 0.3 is 0 Å². The first-order valence-corrected chi connectivity index (χ1v) is 8.43. The molecule has 18 heavy (non-hydrogen) atoms. The lowest BCUT2D eigenvalue weighted by atomic mass is 9.93. The van der Waals surface area contributed by atoms with Gasteiger partial charge in [0, 0.05) is 4.83 Å². The second kappa shape index (κ2) is 7.17. The molecule has 1 unspecified atom stereocenters. The van der Waals surface area contributed by atoms with Crippen LogP contribution in [0.2, 0.25) is 10.0 Å². The van der Waals surface area contributed by atoms with Crippen LogP contribution in [0.4, 0.5) is 0 Å². The maximum Gasteiger partial charge on any atom is 0.0595 e. The van der Waals surface area contributed by atoms with E-state index in [9.17, 15) is 0 Å². The van der Waals surface area contributed by atoms with Crippen LogP contribution in [-0.2, 0) is 0 Å². The van der Waals surface area contributed by atoms with Crippen molar-refractivity contribution >= 4 is 39.1 Å². The molecule has 1 aliphatic rings. The molecule has 0 amide bonds. The van der Waals surface area contributed by atoms with E-state index in [0.29, 0.717) is 14.9 Å². The van der Waals surface area contributed by atoms with Crippen LogP contribution in [0.5, 0.6) is 0 Å². The van der Waals surface area contributed by atoms with E-state index < -0.39 is 0 Å². The first kappa shape index (κ1) is 14.7. The Morgan fingerprint density at radius 3 is 2.33 bits per heavy atom. The molecule has 0 radical (unpaired) electrons. The summed E-state index contributed by atoms with van der Waals surface area (Å²) < 4.78 is 0. The van der Waals surface area contributed by atoms with Gasteiger partial charge in [-0.05, 0) is 30.0 Å². The molecule has 1 saturated carbocycles. The van der Waals surface area contributed by atoms with Crippen LogP contribution >= 0.6 is 39.1 Å². The third-order valence-corrected chi connectivity index (χ3v) is 5.46. The zero-order valence-corrected chi connectivity index (χ0v) is 13.6. The molecular weight excluding hydrogens is 331 g/mol. The largest absolute Gasteiger partial charge is 0.0839 e. The van der Waals surface area contributed by atoms with Crippen molar-refractivity contribution in [2.75, 3.05) is 0 Å². The lowest BCUT2D eigenvalue weighted by Crippen LogP contribution is -2.03. The van der Waals surface area contributed by atoms with Gasteiger partial charge in [-0.2, -0.15) is 0 Å². The predicted molar refractivity (Wildman–Crippen MR) is 83.9 cm³/mol. The summed E-state index contributed by atoms with van der Waals surface area (Å²) >= 11 is 15.8. The van der Waals surface area contributed by atoms with E-state index in [0.717, 1.165) is 5.92 Å². The zero-order chi connectivity index (χ0) is 13.0. The fourth-order valence-corrected chi connectivity index (χ4v) is 3.86. The molecule has 0 heterocycles. The highest BCUT2D eigenvalue weighted by Crippen LogP contribution is 2.37. The Morgan fingerprint density at radius 1 is 1.06 bits per heavy atom. The minimum Gasteiger partial charge on any atom is -0.0839 e. The lowest BCUT2D eigenvalue weighted by molar-refractivity contribution is 0.427. The monoisotopic (exact) mass is 348 g/mol. The summed E-state index contributed by atoms with van der Waals surface area (Å²) in [6.07, 6.45) is 9.58. The summed E-state index contributed by atoms with van der Waals surface area (Å²) in [5, 5.41) is 1.29. The van der Waals surface area contributed by atoms with Gasteiger partial charge in [0.05, 0.1) is 10.0 Å². The Bertz CT molecular complexity index is 384. The highest BCUT2D eigenvalue weighted by atomic mass is 79.9. The van der Waals surface area contributed by atoms with Gasteiger partial charge in [-0.15, -0.1) is 0 Å². The first-order valence-electron chi connectivity index (χ1n) is 6.76. The normalized spacial score (nSPS) is 19.5. The quantitative estimate of drug-likeness (QED) is 0.416. The molecule has 3 heteroatoms. The number of alkyl halides is 1. The molecule has 1 aliphatic carbocycles. The summed E-state index contributed by atoms with van der Waals surface area (Å²) in [6.45, 7) is 0. The highest BCUT2D eigenvalue weighted by Gasteiger charge is 2.18. The third-order valence-electron chi connectivity index (χ3n) is 3.82. The van der Waals surface area contributed by atoms with Crippen molar-refractivity contribution in [3.63, 3.8) is 0 Å². The second-order valence-electron chi connectivity index (χ2n) is 5.23. The van der Waals surface area contributed by atoms with Crippen molar-refractivity contribution in [3.05, 3.63) is 33.8 Å². The van der Waals surface area contributed by atoms with Crippen LogP contribution in [0.15, 0.2) is 18.2 Å². The van der Waals surface area contributed by atoms with Gasteiger partial charge in [-0.1, -0.05) is 83.7 Å². The second-order valence-corrected chi connectivity index (χ2v) is 7.15. The van der Waals surface area contributed by atoms with Gasteiger partial charge in [0.25, 0.3) is 0 Å². The number of rotatable bonds is 3. The van der Waals surface area contributed by atoms with E-state index in [4.69, 9.17) is 23.2 Å². The molecule has 1 aromatic carbocycles. The van der Waals surface area contributed by atoms with Crippen LogP contribution < -0.4 is 0 Å². The van der Waals surface area contributed by atoms with Crippen molar-refractivity contribution in [2.24, 2.45) is 5.92 Å². The van der Waals surface area contributed by atoms with E-state index >= 15 is 0 Å². The molecule has 1 aromatic rings. The van der Waals surface area contributed by atoms with Crippen molar-refractivity contribution in [1.29, 1.82) is 0 Å². The van der Waals surface area contributed by atoms with Crippen molar-refractivity contribution in [2.45, 2.75) is 49.8 Å². The van der Waals surface area contributed by atoms with Crippen LogP contribution in [0.3, 0.4) is 0 Å². The fourth-order valence-electron chi connectivity index (χ4n) is 2.74. The SMILES string of the molecule is Clc1ccc(C(Br)CC2CCCCCC2)cc1Cl. The molecule has 1 fully saturated rings. The molecule has 2 rings (SSSR count). The van der Waals surface area contributed by atoms with Gasteiger partial charge in [0.1, 0.15) is 0 Å². The summed E-state index contributed by atoms with van der Waals surface area (Å²) in [7, 11) is 0. The molecule has 0 aromatic heterocycles. The van der Waals surface area contributed by atoms with Crippen LogP contribution in [-0.4, -0.2) is 0 Å². The highest BCUT2D eigenvalue weighted by molar-refractivity contribution is 9.09. The maximum atomic E-state index is 6.07. The maximum absolute atomic E-state index is 6.07. The predicted octanol–water partition coefficient (Wildman–Crippen LogP) is 6.79. The Balaban J connectivity index is 1.97. The van der Waals surface area contributed by atoms with Gasteiger partial charge in [-0.3, -0.25) is 0 Å². The van der Waals surface area contributed by atoms with E-state index in [1.807, 2.05) is 12.1 Å². The number of halogens is 3. The Labute approximate surface area is 128 Å². The molecule has 0 bridgehead atoms. The summed E-state index contributed by atoms with van der Waals surface area (Å²) in [5.74, 6) is 0.853. The summed E-state index contributed by atoms with van der Waals surface area (Å²) in [6, 6.07) is 5.95. The van der Waals surface area contributed by atoms with Gasteiger partial charge in [-0.25, -0.2) is 0 Å². The topological polar surface area (TPSA) is 0 Å².